The van der Waals surface area contributed by atoms with E-state index in [1.165, 1.54) is 12.8 Å². The minimum atomic E-state index is -3.13. The van der Waals surface area contributed by atoms with E-state index in [2.05, 4.69) is 11.2 Å². The summed E-state index contributed by atoms with van der Waals surface area (Å²) in [6, 6.07) is 0. The first-order valence-corrected chi connectivity index (χ1v) is 7.61. The Balaban J connectivity index is 2.59. The first-order chi connectivity index (χ1) is 7.70. The average molecular weight is 247 g/mol. The quantitative estimate of drug-likeness (QED) is 0.728. The molecule has 1 aliphatic rings. The molecule has 4 nitrogen and oxygen atoms in total. The molecule has 94 valence electrons. The molecule has 0 bridgehead atoms. The van der Waals surface area contributed by atoms with Gasteiger partial charge in [-0.3, -0.25) is 14.1 Å². The maximum Gasteiger partial charge on any atom is 0.432 e. The molecule has 1 rings (SSSR count). The number of rotatable bonds is 6. The molecule has 0 spiro atoms. The highest BCUT2D eigenvalue weighted by Crippen LogP contribution is 2.45. The van der Waals surface area contributed by atoms with E-state index >= 15 is 0 Å². The molecular weight excluding hydrogens is 225 g/mol. The summed E-state index contributed by atoms with van der Waals surface area (Å²) in [6.45, 7) is 4.40. The van der Waals surface area contributed by atoms with Gasteiger partial charge in [-0.25, -0.2) is 4.57 Å². The molecule has 5 heteroatoms. The van der Waals surface area contributed by atoms with Crippen molar-refractivity contribution in [1.29, 1.82) is 0 Å². The molecule has 0 heterocycles. The van der Waals surface area contributed by atoms with Gasteiger partial charge in [-0.15, -0.1) is 0 Å². The summed E-state index contributed by atoms with van der Waals surface area (Å²) in [7, 11) is -3.13. The fraction of sp³-hybridized carbons (Fsp3) is 0.818. The molecule has 0 unspecified atom stereocenters. The van der Waals surface area contributed by atoms with Crippen LogP contribution in [0.3, 0.4) is 0 Å². The molecule has 0 aromatic rings. The van der Waals surface area contributed by atoms with Gasteiger partial charge in [0.25, 0.3) is 0 Å². The molecule has 0 amide bonds. The van der Waals surface area contributed by atoms with Crippen LogP contribution in [0, 0.1) is 0 Å². The third kappa shape index (κ3) is 4.69. The largest absolute Gasteiger partial charge is 0.432 e. The van der Waals surface area contributed by atoms with Crippen molar-refractivity contribution in [3.8, 4) is 0 Å². The van der Waals surface area contributed by atoms with Crippen molar-refractivity contribution in [2.45, 2.75) is 46.0 Å². The molecule has 0 radical (unpaired) electrons. The lowest BCUT2D eigenvalue weighted by Crippen LogP contribution is -2.14. The highest BCUT2D eigenvalue weighted by Gasteiger charge is 2.24. The molecule has 0 aromatic heterocycles. The van der Waals surface area contributed by atoms with Crippen LogP contribution >= 0.6 is 7.75 Å². The second-order valence-corrected chi connectivity index (χ2v) is 5.51. The highest BCUT2D eigenvalue weighted by molar-refractivity contribution is 7.51. The summed E-state index contributed by atoms with van der Waals surface area (Å²) >= 11 is 0. The Kier molecular flexibility index (Phi) is 6.10. The van der Waals surface area contributed by atoms with Gasteiger partial charge in [0.2, 0.25) is 0 Å². The third-order valence-corrected chi connectivity index (χ3v) is 4.18. The molecule has 0 fully saturated rings. The van der Waals surface area contributed by atoms with Crippen molar-refractivity contribution in [3.05, 3.63) is 11.8 Å². The van der Waals surface area contributed by atoms with Gasteiger partial charge in [0, 0.05) is 5.70 Å². The zero-order valence-corrected chi connectivity index (χ0v) is 11.1. The van der Waals surface area contributed by atoms with Crippen LogP contribution in [-0.4, -0.2) is 13.2 Å². The summed E-state index contributed by atoms with van der Waals surface area (Å²) in [6.07, 6.45) is 7.66. The highest BCUT2D eigenvalue weighted by atomic mass is 31.2. The molecule has 1 N–H and O–H groups in total. The van der Waals surface area contributed by atoms with Crippen molar-refractivity contribution < 1.29 is 13.6 Å². The van der Waals surface area contributed by atoms with Crippen LogP contribution in [0.1, 0.15) is 46.0 Å². The van der Waals surface area contributed by atoms with Gasteiger partial charge in [-0.1, -0.05) is 12.5 Å². The monoisotopic (exact) mass is 247 g/mol. The Bertz CT molecular complexity index is 268. The average Bonchev–Trinajstić information content (AvgIpc) is 2.46. The van der Waals surface area contributed by atoms with E-state index in [0.29, 0.717) is 13.2 Å². The Labute approximate surface area is 98.0 Å². The molecule has 16 heavy (non-hydrogen) atoms. The summed E-state index contributed by atoms with van der Waals surface area (Å²) in [5.74, 6) is 0. The van der Waals surface area contributed by atoms with Crippen molar-refractivity contribution in [2.75, 3.05) is 13.2 Å². The van der Waals surface area contributed by atoms with Crippen molar-refractivity contribution in [1.82, 2.24) is 5.09 Å². The molecule has 0 saturated carbocycles. The van der Waals surface area contributed by atoms with E-state index in [-0.39, 0.29) is 0 Å². The predicted molar refractivity (Wildman–Crippen MR) is 65.2 cm³/mol. The normalized spacial score (nSPS) is 17.8. The molecule has 0 atom stereocenters. The third-order valence-electron chi connectivity index (χ3n) is 2.42. The van der Waals surface area contributed by atoms with E-state index in [4.69, 9.17) is 9.05 Å². The number of hydrogen-bond acceptors (Lipinski definition) is 3. The van der Waals surface area contributed by atoms with E-state index in [1.807, 2.05) is 13.8 Å². The van der Waals surface area contributed by atoms with Crippen LogP contribution in [-0.2, 0) is 13.6 Å². The predicted octanol–water partition coefficient (Wildman–Crippen LogP) is 3.61. The fourth-order valence-electron chi connectivity index (χ4n) is 1.73. The van der Waals surface area contributed by atoms with Crippen LogP contribution < -0.4 is 5.09 Å². The van der Waals surface area contributed by atoms with Crippen LogP contribution in [0.15, 0.2) is 11.8 Å². The maximum atomic E-state index is 12.2. The molecule has 0 aromatic carbocycles. The maximum absolute atomic E-state index is 12.2. The molecule has 0 aliphatic heterocycles. The van der Waals surface area contributed by atoms with Gasteiger partial charge >= 0.3 is 7.75 Å². The van der Waals surface area contributed by atoms with Crippen molar-refractivity contribution in [2.24, 2.45) is 0 Å². The molecule has 0 saturated heterocycles. The number of hydrogen-bond donors (Lipinski definition) is 1. The smallest absolute Gasteiger partial charge is 0.297 e. The zero-order chi connectivity index (χ0) is 11.9. The van der Waals surface area contributed by atoms with Gasteiger partial charge in [0.1, 0.15) is 0 Å². The Morgan fingerprint density at radius 3 is 2.56 bits per heavy atom. The zero-order valence-electron chi connectivity index (χ0n) is 10.2. The van der Waals surface area contributed by atoms with E-state index in [0.717, 1.165) is 25.0 Å². The van der Waals surface area contributed by atoms with Crippen LogP contribution in [0.5, 0.6) is 0 Å². The van der Waals surface area contributed by atoms with Gasteiger partial charge in [-0.2, -0.15) is 0 Å². The van der Waals surface area contributed by atoms with Gasteiger partial charge in [-0.05, 0) is 39.5 Å². The Hall–Kier alpha value is -0.310. The Morgan fingerprint density at radius 1 is 1.25 bits per heavy atom. The van der Waals surface area contributed by atoms with Gasteiger partial charge in [0.15, 0.2) is 0 Å². The fourth-order valence-corrected chi connectivity index (χ4v) is 3.17. The van der Waals surface area contributed by atoms with Gasteiger partial charge < -0.3 is 0 Å². The Morgan fingerprint density at radius 2 is 1.94 bits per heavy atom. The summed E-state index contributed by atoms with van der Waals surface area (Å²) in [4.78, 5) is 0. The van der Waals surface area contributed by atoms with Crippen LogP contribution in [0.2, 0.25) is 0 Å². The van der Waals surface area contributed by atoms with Crippen LogP contribution in [0.4, 0.5) is 0 Å². The van der Waals surface area contributed by atoms with Crippen molar-refractivity contribution in [3.63, 3.8) is 0 Å². The van der Waals surface area contributed by atoms with Gasteiger partial charge in [0.05, 0.1) is 13.2 Å². The van der Waals surface area contributed by atoms with E-state index in [1.54, 1.807) is 0 Å². The minimum absolute atomic E-state index is 0.386. The number of allylic oxidation sites excluding steroid dienone is 2. The first-order valence-electron chi connectivity index (χ1n) is 6.06. The summed E-state index contributed by atoms with van der Waals surface area (Å²) < 4.78 is 22.6. The lowest BCUT2D eigenvalue weighted by atomic mass is 10.2. The second-order valence-electron chi connectivity index (χ2n) is 3.77. The SMILES string of the molecule is CCOP(=O)(NC1=CCCCCC1)OCC. The lowest BCUT2D eigenvalue weighted by molar-refractivity contribution is 0.213. The van der Waals surface area contributed by atoms with E-state index < -0.39 is 7.75 Å². The lowest BCUT2D eigenvalue weighted by Gasteiger charge is -2.20. The molecular formula is C11H22NO3P. The number of nitrogens with one attached hydrogen (secondary N) is 1. The minimum Gasteiger partial charge on any atom is -0.297 e. The summed E-state index contributed by atoms with van der Waals surface area (Å²) in [5, 5.41) is 2.95. The second kappa shape index (κ2) is 7.10. The topological polar surface area (TPSA) is 47.6 Å². The van der Waals surface area contributed by atoms with Crippen LogP contribution in [0.25, 0.3) is 0 Å². The molecule has 1 aliphatic carbocycles. The summed E-state index contributed by atoms with van der Waals surface area (Å²) in [5.41, 5.74) is 1.00. The van der Waals surface area contributed by atoms with Crippen molar-refractivity contribution >= 4 is 7.75 Å². The first kappa shape index (κ1) is 13.8. The van der Waals surface area contributed by atoms with E-state index in [9.17, 15) is 4.57 Å². The standard InChI is InChI=1S/C11H22NO3P/c1-3-14-16(13,15-4-2)12-11-9-7-5-6-8-10-11/h9H,3-8,10H2,1-2H3,(H,12,13).